The van der Waals surface area contributed by atoms with Crippen molar-refractivity contribution in [3.05, 3.63) is 71.2 Å². The van der Waals surface area contributed by atoms with Crippen molar-refractivity contribution < 1.29 is 9.90 Å². The quantitative estimate of drug-likeness (QED) is 0.468. The molecule has 3 aromatic carbocycles. The van der Waals surface area contributed by atoms with Crippen LogP contribution < -0.4 is 10.7 Å². The van der Waals surface area contributed by atoms with Crippen molar-refractivity contribution in [3.8, 4) is 5.75 Å². The number of benzene rings is 3. The Morgan fingerprint density at radius 1 is 1.12 bits per heavy atom. The lowest BCUT2D eigenvalue weighted by molar-refractivity contribution is -0.121. The van der Waals surface area contributed by atoms with Gasteiger partial charge >= 0.3 is 0 Å². The molecule has 5 nitrogen and oxygen atoms in total. The molecular weight excluding hydrogens is 350 g/mol. The summed E-state index contributed by atoms with van der Waals surface area (Å²) in [6, 6.07) is 18.1. The summed E-state index contributed by atoms with van der Waals surface area (Å²) in [7, 11) is 0. The van der Waals surface area contributed by atoms with E-state index in [9.17, 15) is 9.90 Å². The molecule has 3 aromatic rings. The Morgan fingerprint density at radius 3 is 2.69 bits per heavy atom. The number of rotatable bonds is 5. The van der Waals surface area contributed by atoms with E-state index in [2.05, 4.69) is 15.8 Å². The molecule has 3 N–H and O–H groups in total. The summed E-state index contributed by atoms with van der Waals surface area (Å²) < 4.78 is 0. The molecule has 0 aliphatic heterocycles. The van der Waals surface area contributed by atoms with Crippen molar-refractivity contribution in [1.29, 1.82) is 0 Å². The molecule has 132 valence electrons. The first kappa shape index (κ1) is 17.8. The fraction of sp³-hybridized carbons (Fsp3) is 0.100. The first-order valence-corrected chi connectivity index (χ1v) is 8.47. The lowest BCUT2D eigenvalue weighted by atomic mass is 10.1. The van der Waals surface area contributed by atoms with E-state index in [-0.39, 0.29) is 11.7 Å². The molecule has 0 saturated carbocycles. The van der Waals surface area contributed by atoms with Crippen LogP contribution in [0.25, 0.3) is 10.8 Å². The van der Waals surface area contributed by atoms with Gasteiger partial charge in [0.05, 0.1) is 6.21 Å². The van der Waals surface area contributed by atoms with Crippen LogP contribution in [-0.2, 0) is 4.79 Å². The summed E-state index contributed by atoms with van der Waals surface area (Å²) in [5, 5.41) is 19.4. The van der Waals surface area contributed by atoms with Gasteiger partial charge in [-0.1, -0.05) is 41.9 Å². The number of nitrogens with one attached hydrogen (secondary N) is 2. The number of hydrazone groups is 1. The third-order valence-electron chi connectivity index (χ3n) is 3.89. The summed E-state index contributed by atoms with van der Waals surface area (Å²) in [5.74, 6) is -0.259. The van der Waals surface area contributed by atoms with Crippen LogP contribution in [-0.4, -0.2) is 23.3 Å². The van der Waals surface area contributed by atoms with Gasteiger partial charge in [-0.25, -0.2) is 5.43 Å². The number of nitrogens with zero attached hydrogens (tertiary/aromatic N) is 1. The first-order chi connectivity index (χ1) is 12.5. The number of fused-ring (bicyclic) bond motifs is 1. The van der Waals surface area contributed by atoms with Gasteiger partial charge in [0, 0.05) is 16.3 Å². The Morgan fingerprint density at radius 2 is 1.88 bits per heavy atom. The van der Waals surface area contributed by atoms with Crippen molar-refractivity contribution in [2.24, 2.45) is 5.10 Å². The van der Waals surface area contributed by atoms with E-state index >= 15 is 0 Å². The van der Waals surface area contributed by atoms with Gasteiger partial charge in [0.15, 0.2) is 0 Å². The number of anilines is 1. The highest BCUT2D eigenvalue weighted by Gasteiger charge is 2.12. The Labute approximate surface area is 156 Å². The van der Waals surface area contributed by atoms with E-state index < -0.39 is 6.04 Å². The summed E-state index contributed by atoms with van der Waals surface area (Å²) in [6.07, 6.45) is 1.35. The standard InChI is InChI=1S/C20H18ClN3O2/c1-13(23-18-8-6-14-4-2-3-5-15(14)11-18)20(26)24-22-12-16-10-17(21)7-9-19(16)25/h2-13,23,25H,1H3,(H,24,26)/b22-12-/t13-/m0/s1. The van der Waals surface area contributed by atoms with Gasteiger partial charge in [-0.15, -0.1) is 0 Å². The number of phenols is 1. The van der Waals surface area contributed by atoms with Crippen molar-refractivity contribution in [2.75, 3.05) is 5.32 Å². The zero-order valence-corrected chi connectivity index (χ0v) is 14.9. The predicted octanol–water partition coefficient (Wildman–Crippen LogP) is 4.15. The van der Waals surface area contributed by atoms with Gasteiger partial charge in [-0.3, -0.25) is 4.79 Å². The molecule has 1 atom stereocenters. The number of halogens is 1. The number of hydrogen-bond donors (Lipinski definition) is 3. The van der Waals surface area contributed by atoms with Crippen molar-refractivity contribution >= 4 is 40.2 Å². The molecule has 3 rings (SSSR count). The number of aromatic hydroxyl groups is 1. The van der Waals surface area contributed by atoms with Crippen LogP contribution in [0.4, 0.5) is 5.69 Å². The van der Waals surface area contributed by atoms with Crippen LogP contribution in [0.5, 0.6) is 5.75 Å². The Kier molecular flexibility index (Phi) is 5.39. The second kappa shape index (κ2) is 7.89. The van der Waals surface area contributed by atoms with Crippen LogP contribution in [0.2, 0.25) is 5.02 Å². The molecule has 0 bridgehead atoms. The minimum absolute atomic E-state index is 0.0368. The summed E-state index contributed by atoms with van der Waals surface area (Å²) in [6.45, 7) is 1.75. The summed E-state index contributed by atoms with van der Waals surface area (Å²) >= 11 is 5.87. The molecule has 1 amide bonds. The maximum Gasteiger partial charge on any atom is 0.262 e. The largest absolute Gasteiger partial charge is 0.507 e. The average molecular weight is 368 g/mol. The van der Waals surface area contributed by atoms with E-state index in [0.717, 1.165) is 16.5 Å². The normalized spacial score (nSPS) is 12.2. The van der Waals surface area contributed by atoms with Gasteiger partial charge in [0.2, 0.25) is 0 Å². The van der Waals surface area contributed by atoms with Crippen LogP contribution in [0, 0.1) is 0 Å². The number of phenolic OH excluding ortho intramolecular Hbond substituents is 1. The van der Waals surface area contributed by atoms with Crippen molar-refractivity contribution in [2.45, 2.75) is 13.0 Å². The lowest BCUT2D eigenvalue weighted by Crippen LogP contribution is -2.34. The lowest BCUT2D eigenvalue weighted by Gasteiger charge is -2.14. The van der Waals surface area contributed by atoms with E-state index in [1.54, 1.807) is 19.1 Å². The predicted molar refractivity (Wildman–Crippen MR) is 106 cm³/mol. The molecule has 0 radical (unpaired) electrons. The molecule has 0 aliphatic rings. The Bertz CT molecular complexity index is 972. The third-order valence-corrected chi connectivity index (χ3v) is 4.13. The van der Waals surface area contributed by atoms with Crippen LogP contribution >= 0.6 is 11.6 Å². The highest BCUT2D eigenvalue weighted by molar-refractivity contribution is 6.30. The number of hydrogen-bond acceptors (Lipinski definition) is 4. The monoisotopic (exact) mass is 367 g/mol. The maximum atomic E-state index is 12.2. The van der Waals surface area contributed by atoms with Crippen LogP contribution in [0.3, 0.4) is 0 Å². The highest BCUT2D eigenvalue weighted by atomic mass is 35.5. The van der Waals surface area contributed by atoms with E-state index in [4.69, 9.17) is 11.6 Å². The number of amides is 1. The summed E-state index contributed by atoms with van der Waals surface area (Å²) in [5.41, 5.74) is 3.72. The molecule has 26 heavy (non-hydrogen) atoms. The number of carbonyl (C=O) groups excluding carboxylic acids is 1. The Hall–Kier alpha value is -3.05. The smallest absolute Gasteiger partial charge is 0.262 e. The average Bonchev–Trinajstić information content (AvgIpc) is 2.64. The van der Waals surface area contributed by atoms with Crippen molar-refractivity contribution in [1.82, 2.24) is 5.43 Å². The van der Waals surface area contributed by atoms with Gasteiger partial charge in [-0.05, 0) is 48.0 Å². The third kappa shape index (κ3) is 4.32. The molecular formula is C20H18ClN3O2. The van der Waals surface area contributed by atoms with E-state index in [1.165, 1.54) is 12.3 Å². The fourth-order valence-electron chi connectivity index (χ4n) is 2.49. The molecule has 0 heterocycles. The van der Waals surface area contributed by atoms with Crippen LogP contribution in [0.1, 0.15) is 12.5 Å². The van der Waals surface area contributed by atoms with Gasteiger partial charge in [0.1, 0.15) is 11.8 Å². The molecule has 0 spiro atoms. The topological polar surface area (TPSA) is 73.7 Å². The van der Waals surface area contributed by atoms with Crippen molar-refractivity contribution in [3.63, 3.8) is 0 Å². The molecule has 0 fully saturated rings. The number of carbonyl (C=O) groups is 1. The highest BCUT2D eigenvalue weighted by Crippen LogP contribution is 2.20. The second-order valence-corrected chi connectivity index (χ2v) is 6.30. The summed E-state index contributed by atoms with van der Waals surface area (Å²) in [4.78, 5) is 12.2. The van der Waals surface area contributed by atoms with Gasteiger partial charge in [0.25, 0.3) is 5.91 Å². The minimum atomic E-state index is -0.485. The first-order valence-electron chi connectivity index (χ1n) is 8.10. The molecule has 6 heteroatoms. The maximum absolute atomic E-state index is 12.2. The van der Waals surface area contributed by atoms with E-state index in [0.29, 0.717) is 10.6 Å². The second-order valence-electron chi connectivity index (χ2n) is 5.87. The minimum Gasteiger partial charge on any atom is -0.507 e. The zero-order valence-electron chi connectivity index (χ0n) is 14.1. The molecule has 0 unspecified atom stereocenters. The fourth-order valence-corrected chi connectivity index (χ4v) is 2.67. The zero-order chi connectivity index (χ0) is 18.5. The van der Waals surface area contributed by atoms with Crippen LogP contribution in [0.15, 0.2) is 65.8 Å². The molecule has 0 saturated heterocycles. The van der Waals surface area contributed by atoms with E-state index in [1.807, 2.05) is 42.5 Å². The SMILES string of the molecule is C[C@H](Nc1ccc2ccccc2c1)C(=O)N/N=C\c1cc(Cl)ccc1O. The molecule has 0 aliphatic carbocycles. The van der Waals surface area contributed by atoms with Gasteiger partial charge < -0.3 is 10.4 Å². The van der Waals surface area contributed by atoms with Gasteiger partial charge in [-0.2, -0.15) is 5.10 Å². The molecule has 0 aromatic heterocycles. The Balaban J connectivity index is 1.61.